The Balaban J connectivity index is 1.48. The highest BCUT2D eigenvalue weighted by molar-refractivity contribution is 7.89. The number of benzene rings is 2. The third-order valence-corrected chi connectivity index (χ3v) is 7.16. The molecule has 1 fully saturated rings. The Kier molecular flexibility index (Phi) is 5.90. The minimum absolute atomic E-state index is 0.215. The van der Waals surface area contributed by atoms with Gasteiger partial charge in [0.2, 0.25) is 10.0 Å². The Labute approximate surface area is 181 Å². The Morgan fingerprint density at radius 3 is 2.37 bits per heavy atom. The van der Waals surface area contributed by atoms with Gasteiger partial charge in [0.05, 0.1) is 17.7 Å². The molecule has 0 unspecified atom stereocenters. The van der Waals surface area contributed by atoms with E-state index >= 15 is 0 Å². The second-order valence-corrected chi connectivity index (χ2v) is 9.21. The average Bonchev–Trinajstić information content (AvgIpc) is 2.79. The van der Waals surface area contributed by atoms with Crippen LogP contribution in [0, 0.1) is 0 Å². The molecule has 1 aliphatic rings. The zero-order chi connectivity index (χ0) is 21.1. The van der Waals surface area contributed by atoms with Gasteiger partial charge in [-0.1, -0.05) is 17.7 Å². The van der Waals surface area contributed by atoms with Crippen molar-refractivity contribution < 1.29 is 13.2 Å². The van der Waals surface area contributed by atoms with Gasteiger partial charge in [0.15, 0.2) is 0 Å². The lowest BCUT2D eigenvalue weighted by atomic mass is 10.1. The topological polar surface area (TPSA) is 75.6 Å². The van der Waals surface area contributed by atoms with Crippen LogP contribution in [-0.4, -0.2) is 56.0 Å². The average molecular weight is 445 g/mol. The molecule has 156 valence electrons. The smallest absolute Gasteiger partial charge is 0.243 e. The summed E-state index contributed by atoms with van der Waals surface area (Å²) in [6, 6.07) is 15.9. The van der Waals surface area contributed by atoms with Crippen molar-refractivity contribution in [1.82, 2.24) is 14.3 Å². The van der Waals surface area contributed by atoms with Crippen LogP contribution in [-0.2, 0) is 10.0 Å². The van der Waals surface area contributed by atoms with Crippen molar-refractivity contribution in [2.24, 2.45) is 0 Å². The lowest BCUT2D eigenvalue weighted by Crippen LogP contribution is -2.48. The number of methoxy groups -OCH3 is 1. The Morgan fingerprint density at radius 2 is 1.70 bits per heavy atom. The summed E-state index contributed by atoms with van der Waals surface area (Å²) in [5.74, 6) is 1.56. The minimum atomic E-state index is -3.57. The fourth-order valence-electron chi connectivity index (χ4n) is 3.37. The second kappa shape index (κ2) is 8.59. The summed E-state index contributed by atoms with van der Waals surface area (Å²) in [6.45, 7) is 1.82. The molecule has 2 aromatic carbocycles. The molecule has 2 heterocycles. The van der Waals surface area contributed by atoms with Gasteiger partial charge < -0.3 is 9.64 Å². The van der Waals surface area contributed by atoms with Crippen LogP contribution in [0.5, 0.6) is 5.75 Å². The Bertz CT molecular complexity index is 1130. The van der Waals surface area contributed by atoms with Crippen LogP contribution >= 0.6 is 11.6 Å². The number of hydrogen-bond acceptors (Lipinski definition) is 6. The summed E-state index contributed by atoms with van der Waals surface area (Å²) in [5.41, 5.74) is 1.76. The SMILES string of the molecule is COc1ccc(-c2cc(N3CCN(S(=O)(=O)c4cccc(Cl)c4)CC3)ncn2)cc1. The summed E-state index contributed by atoms with van der Waals surface area (Å²) >= 11 is 5.96. The predicted octanol–water partition coefficient (Wildman–Crippen LogP) is 3.32. The van der Waals surface area contributed by atoms with Gasteiger partial charge in [-0.3, -0.25) is 0 Å². The van der Waals surface area contributed by atoms with E-state index in [1.165, 1.54) is 16.7 Å². The van der Waals surface area contributed by atoms with E-state index in [0.717, 1.165) is 22.8 Å². The van der Waals surface area contributed by atoms with Gasteiger partial charge in [-0.25, -0.2) is 18.4 Å². The highest BCUT2D eigenvalue weighted by Gasteiger charge is 2.29. The van der Waals surface area contributed by atoms with Crippen molar-refractivity contribution in [1.29, 1.82) is 0 Å². The zero-order valence-corrected chi connectivity index (χ0v) is 18.0. The monoisotopic (exact) mass is 444 g/mol. The molecule has 30 heavy (non-hydrogen) atoms. The van der Waals surface area contributed by atoms with Gasteiger partial charge in [-0.2, -0.15) is 4.31 Å². The number of sulfonamides is 1. The number of rotatable bonds is 5. The molecule has 0 spiro atoms. The van der Waals surface area contributed by atoms with E-state index in [0.29, 0.717) is 31.2 Å². The van der Waals surface area contributed by atoms with Gasteiger partial charge in [0.25, 0.3) is 0 Å². The molecule has 4 rings (SSSR count). The first-order valence-electron chi connectivity index (χ1n) is 9.44. The first kappa shape index (κ1) is 20.6. The normalized spacial score (nSPS) is 15.2. The molecule has 9 heteroatoms. The van der Waals surface area contributed by atoms with Crippen molar-refractivity contribution in [3.8, 4) is 17.0 Å². The first-order chi connectivity index (χ1) is 14.5. The first-order valence-corrected chi connectivity index (χ1v) is 11.3. The Hall–Kier alpha value is -2.68. The molecule has 0 atom stereocenters. The van der Waals surface area contributed by atoms with E-state index in [1.54, 1.807) is 25.3 Å². The molecule has 7 nitrogen and oxygen atoms in total. The zero-order valence-electron chi connectivity index (χ0n) is 16.4. The van der Waals surface area contributed by atoms with E-state index in [4.69, 9.17) is 16.3 Å². The van der Waals surface area contributed by atoms with Crippen molar-refractivity contribution >= 4 is 27.4 Å². The Morgan fingerprint density at radius 1 is 0.967 bits per heavy atom. The van der Waals surface area contributed by atoms with Gasteiger partial charge in [-0.05, 0) is 42.5 Å². The van der Waals surface area contributed by atoms with Gasteiger partial charge >= 0.3 is 0 Å². The molecule has 0 amide bonds. The maximum absolute atomic E-state index is 12.9. The molecule has 0 radical (unpaired) electrons. The van der Waals surface area contributed by atoms with Crippen molar-refractivity contribution in [2.45, 2.75) is 4.90 Å². The molecule has 1 saturated heterocycles. The van der Waals surface area contributed by atoms with Crippen LogP contribution in [0.4, 0.5) is 5.82 Å². The number of anilines is 1. The van der Waals surface area contributed by atoms with E-state index in [-0.39, 0.29) is 4.90 Å². The van der Waals surface area contributed by atoms with E-state index in [1.807, 2.05) is 30.3 Å². The summed E-state index contributed by atoms with van der Waals surface area (Å²) in [6.07, 6.45) is 1.53. The number of hydrogen-bond donors (Lipinski definition) is 0. The minimum Gasteiger partial charge on any atom is -0.497 e. The number of halogens is 1. The fraction of sp³-hybridized carbons (Fsp3) is 0.238. The van der Waals surface area contributed by atoms with Crippen molar-refractivity contribution in [3.63, 3.8) is 0 Å². The van der Waals surface area contributed by atoms with Gasteiger partial charge in [0.1, 0.15) is 17.9 Å². The summed E-state index contributed by atoms with van der Waals surface area (Å²) in [5, 5.41) is 0.404. The standard InChI is InChI=1S/C21H21ClN4O3S/c1-29-18-7-5-16(6-8-18)20-14-21(24-15-23-20)25-9-11-26(12-10-25)30(27,28)19-4-2-3-17(22)13-19/h2-8,13-15H,9-12H2,1H3. The fourth-order valence-corrected chi connectivity index (χ4v) is 5.10. The molecular formula is C21H21ClN4O3S. The highest BCUT2D eigenvalue weighted by Crippen LogP contribution is 2.25. The third-order valence-electron chi connectivity index (χ3n) is 5.03. The van der Waals surface area contributed by atoms with Gasteiger partial charge in [-0.15, -0.1) is 0 Å². The van der Waals surface area contributed by atoms with Crippen LogP contribution in [0.25, 0.3) is 11.3 Å². The molecule has 0 aliphatic carbocycles. The molecule has 0 saturated carbocycles. The summed E-state index contributed by atoms with van der Waals surface area (Å²) in [4.78, 5) is 11.0. The van der Waals surface area contributed by atoms with E-state index < -0.39 is 10.0 Å². The van der Waals surface area contributed by atoms with Crippen LogP contribution in [0.1, 0.15) is 0 Å². The lowest BCUT2D eigenvalue weighted by Gasteiger charge is -2.34. The molecule has 1 aromatic heterocycles. The van der Waals surface area contributed by atoms with Crippen LogP contribution < -0.4 is 9.64 Å². The maximum Gasteiger partial charge on any atom is 0.243 e. The van der Waals surface area contributed by atoms with Crippen LogP contribution in [0.15, 0.2) is 65.8 Å². The van der Waals surface area contributed by atoms with Crippen molar-refractivity contribution in [2.75, 3.05) is 38.2 Å². The predicted molar refractivity (Wildman–Crippen MR) is 116 cm³/mol. The molecule has 3 aromatic rings. The summed E-state index contributed by atoms with van der Waals surface area (Å²) in [7, 11) is -1.94. The molecule has 0 bridgehead atoms. The highest BCUT2D eigenvalue weighted by atomic mass is 35.5. The number of piperazine rings is 1. The number of ether oxygens (including phenoxy) is 1. The summed E-state index contributed by atoms with van der Waals surface area (Å²) < 4.78 is 32.5. The lowest BCUT2D eigenvalue weighted by molar-refractivity contribution is 0.384. The third kappa shape index (κ3) is 4.26. The number of nitrogens with zero attached hydrogens (tertiary/aromatic N) is 4. The quantitative estimate of drug-likeness (QED) is 0.601. The van der Waals surface area contributed by atoms with E-state index in [2.05, 4.69) is 14.9 Å². The van der Waals surface area contributed by atoms with Gasteiger partial charge in [0, 0.05) is 42.8 Å². The molecule has 1 aliphatic heterocycles. The number of aromatic nitrogens is 2. The van der Waals surface area contributed by atoms with E-state index in [9.17, 15) is 8.42 Å². The van der Waals surface area contributed by atoms with Crippen LogP contribution in [0.2, 0.25) is 5.02 Å². The molecule has 0 N–H and O–H groups in total. The molecular weight excluding hydrogens is 424 g/mol. The second-order valence-electron chi connectivity index (χ2n) is 6.84. The van der Waals surface area contributed by atoms with Crippen molar-refractivity contribution in [3.05, 3.63) is 65.9 Å². The maximum atomic E-state index is 12.9. The van der Waals surface area contributed by atoms with Crippen LogP contribution in [0.3, 0.4) is 0 Å². The largest absolute Gasteiger partial charge is 0.497 e.